The van der Waals surface area contributed by atoms with Gasteiger partial charge in [0.05, 0.1) is 12.6 Å². The summed E-state index contributed by atoms with van der Waals surface area (Å²) >= 11 is 0. The van der Waals surface area contributed by atoms with E-state index in [9.17, 15) is 13.2 Å². The molecule has 0 saturated heterocycles. The summed E-state index contributed by atoms with van der Waals surface area (Å²) in [6, 6.07) is 3.06. The number of alkyl halides is 3. The molecule has 0 aliphatic heterocycles. The Kier molecular flexibility index (Phi) is 14.0. The van der Waals surface area contributed by atoms with Gasteiger partial charge < -0.3 is 20.1 Å². The van der Waals surface area contributed by atoms with Gasteiger partial charge in [-0.2, -0.15) is 13.2 Å². The van der Waals surface area contributed by atoms with Gasteiger partial charge in [0, 0.05) is 32.0 Å². The van der Waals surface area contributed by atoms with Crippen LogP contribution in [-0.4, -0.2) is 49.5 Å². The Morgan fingerprint density at radius 1 is 1.21 bits per heavy atom. The van der Waals surface area contributed by atoms with Crippen molar-refractivity contribution in [2.75, 3.05) is 26.3 Å². The van der Waals surface area contributed by atoms with E-state index in [1.54, 1.807) is 6.07 Å². The third-order valence-electron chi connectivity index (χ3n) is 3.79. The van der Waals surface area contributed by atoms with Crippen LogP contribution in [-0.2, 0) is 11.3 Å². The van der Waals surface area contributed by atoms with Crippen LogP contribution in [0.15, 0.2) is 23.3 Å². The van der Waals surface area contributed by atoms with E-state index in [2.05, 4.69) is 39.2 Å². The number of halogens is 4. The lowest BCUT2D eigenvalue weighted by atomic mass is 10.0. The predicted molar refractivity (Wildman–Crippen MR) is 119 cm³/mol. The number of ether oxygens (including phenoxy) is 2. The Hall–Kier alpha value is -1.30. The molecule has 0 aliphatic carbocycles. The van der Waals surface area contributed by atoms with Crippen LogP contribution >= 0.6 is 24.0 Å². The molecule has 1 heterocycles. The van der Waals surface area contributed by atoms with Crippen molar-refractivity contribution in [1.82, 2.24) is 15.6 Å². The minimum atomic E-state index is -4.38. The van der Waals surface area contributed by atoms with Crippen molar-refractivity contribution < 1.29 is 22.6 Å². The smallest absolute Gasteiger partial charge is 0.422 e. The van der Waals surface area contributed by atoms with E-state index in [1.165, 1.54) is 12.3 Å². The number of rotatable bonds is 11. The largest absolute Gasteiger partial charge is 0.468 e. The first-order valence-corrected chi connectivity index (χ1v) is 9.53. The molecule has 0 spiro atoms. The molecule has 2 N–H and O–H groups in total. The standard InChI is InChI=1S/C19H31F3N4O2.HI/c1-5-23-18(24-10-9-16(14(3)4)27-6-2)26-12-15-7-8-17(25-11-15)28-13-19(20,21)22;/h7-8,11,14,16H,5-6,9-10,12-13H2,1-4H3,(H2,23,24,26);1H. The molecule has 10 heteroatoms. The molecule has 1 unspecified atom stereocenters. The lowest BCUT2D eigenvalue weighted by molar-refractivity contribution is -0.154. The molecule has 1 atom stereocenters. The lowest BCUT2D eigenvalue weighted by Crippen LogP contribution is -2.39. The van der Waals surface area contributed by atoms with Gasteiger partial charge >= 0.3 is 6.18 Å². The molecule has 1 aromatic heterocycles. The van der Waals surface area contributed by atoms with Gasteiger partial charge in [0.25, 0.3) is 0 Å². The van der Waals surface area contributed by atoms with Crippen LogP contribution in [0.3, 0.4) is 0 Å². The first-order valence-electron chi connectivity index (χ1n) is 9.53. The van der Waals surface area contributed by atoms with Crippen LogP contribution in [0.25, 0.3) is 0 Å². The predicted octanol–water partition coefficient (Wildman–Crippen LogP) is 4.15. The van der Waals surface area contributed by atoms with Gasteiger partial charge in [-0.3, -0.25) is 0 Å². The maximum absolute atomic E-state index is 12.1. The van der Waals surface area contributed by atoms with Crippen LogP contribution in [0, 0.1) is 5.92 Å². The van der Waals surface area contributed by atoms with Gasteiger partial charge in [0.1, 0.15) is 0 Å². The highest BCUT2D eigenvalue weighted by Gasteiger charge is 2.28. The van der Waals surface area contributed by atoms with E-state index in [4.69, 9.17) is 4.74 Å². The molecule has 0 aliphatic rings. The average molecular weight is 532 g/mol. The summed E-state index contributed by atoms with van der Waals surface area (Å²) in [5.41, 5.74) is 0.769. The SMILES string of the molecule is CCNC(=NCc1ccc(OCC(F)(F)F)nc1)NCCC(OCC)C(C)C.I. The summed E-state index contributed by atoms with van der Waals surface area (Å²) in [6.07, 6.45) is -1.87. The van der Waals surface area contributed by atoms with Crippen molar-refractivity contribution in [3.8, 4) is 5.88 Å². The minimum absolute atomic E-state index is 0. The zero-order valence-electron chi connectivity index (χ0n) is 17.4. The second-order valence-corrected chi connectivity index (χ2v) is 6.56. The molecular weight excluding hydrogens is 500 g/mol. The van der Waals surface area contributed by atoms with Crippen LogP contribution in [0.4, 0.5) is 13.2 Å². The van der Waals surface area contributed by atoms with Gasteiger partial charge in [0.15, 0.2) is 12.6 Å². The van der Waals surface area contributed by atoms with Crippen molar-refractivity contribution in [2.45, 2.75) is 52.9 Å². The van der Waals surface area contributed by atoms with E-state index < -0.39 is 12.8 Å². The highest BCUT2D eigenvalue weighted by atomic mass is 127. The van der Waals surface area contributed by atoms with Crippen LogP contribution < -0.4 is 15.4 Å². The zero-order chi connectivity index (χ0) is 21.0. The number of guanidine groups is 1. The first-order chi connectivity index (χ1) is 13.2. The van der Waals surface area contributed by atoms with Crippen LogP contribution in [0.5, 0.6) is 5.88 Å². The maximum Gasteiger partial charge on any atom is 0.422 e. The molecule has 0 amide bonds. The first kappa shape index (κ1) is 27.7. The monoisotopic (exact) mass is 532 g/mol. The number of hydrogen-bond acceptors (Lipinski definition) is 4. The number of aromatic nitrogens is 1. The normalized spacial score (nSPS) is 13.0. The molecule has 1 rings (SSSR count). The Labute approximate surface area is 188 Å². The average Bonchev–Trinajstić information content (AvgIpc) is 2.63. The van der Waals surface area contributed by atoms with Gasteiger partial charge in [-0.25, -0.2) is 9.98 Å². The number of pyridine rings is 1. The maximum atomic E-state index is 12.1. The highest BCUT2D eigenvalue weighted by molar-refractivity contribution is 14.0. The Morgan fingerprint density at radius 3 is 2.45 bits per heavy atom. The topological polar surface area (TPSA) is 67.8 Å². The fourth-order valence-electron chi connectivity index (χ4n) is 2.41. The number of aliphatic imine (C=N–C) groups is 1. The lowest BCUT2D eigenvalue weighted by Gasteiger charge is -2.21. The van der Waals surface area contributed by atoms with Crippen LogP contribution in [0.1, 0.15) is 39.7 Å². The van der Waals surface area contributed by atoms with E-state index >= 15 is 0 Å². The van der Waals surface area contributed by atoms with E-state index in [-0.39, 0.29) is 36.0 Å². The van der Waals surface area contributed by atoms with Crippen molar-refractivity contribution >= 4 is 29.9 Å². The van der Waals surface area contributed by atoms with Crippen LogP contribution in [0.2, 0.25) is 0 Å². The van der Waals surface area contributed by atoms with E-state index in [0.29, 0.717) is 31.6 Å². The molecule has 1 aromatic rings. The summed E-state index contributed by atoms with van der Waals surface area (Å²) in [4.78, 5) is 8.36. The molecule has 0 fully saturated rings. The van der Waals surface area contributed by atoms with Gasteiger partial charge in [-0.05, 0) is 31.7 Å². The number of nitrogens with one attached hydrogen (secondary N) is 2. The quantitative estimate of drug-likeness (QED) is 0.255. The Balaban J connectivity index is 0.00000784. The number of hydrogen-bond donors (Lipinski definition) is 2. The second kappa shape index (κ2) is 14.6. The minimum Gasteiger partial charge on any atom is -0.468 e. The molecule has 0 aromatic carbocycles. The summed E-state index contributed by atoms with van der Waals surface area (Å²) < 4.78 is 46.8. The third kappa shape index (κ3) is 12.8. The molecule has 168 valence electrons. The van der Waals surface area contributed by atoms with E-state index in [0.717, 1.165) is 18.5 Å². The Bertz CT molecular complexity index is 584. The van der Waals surface area contributed by atoms with Gasteiger partial charge in [-0.1, -0.05) is 19.9 Å². The Morgan fingerprint density at radius 2 is 1.93 bits per heavy atom. The second-order valence-electron chi connectivity index (χ2n) is 6.56. The third-order valence-corrected chi connectivity index (χ3v) is 3.79. The number of nitrogens with zero attached hydrogens (tertiary/aromatic N) is 2. The molecule has 0 saturated carbocycles. The molecular formula is C19H32F3IN4O2. The summed E-state index contributed by atoms with van der Waals surface area (Å²) in [7, 11) is 0. The van der Waals surface area contributed by atoms with Crippen molar-refractivity contribution in [3.05, 3.63) is 23.9 Å². The summed E-state index contributed by atoms with van der Waals surface area (Å²) in [5, 5.41) is 6.44. The highest BCUT2D eigenvalue weighted by Crippen LogP contribution is 2.17. The molecule has 0 bridgehead atoms. The van der Waals surface area contributed by atoms with E-state index in [1.807, 2.05) is 13.8 Å². The molecule has 6 nitrogen and oxygen atoms in total. The van der Waals surface area contributed by atoms with Crippen molar-refractivity contribution in [3.63, 3.8) is 0 Å². The summed E-state index contributed by atoms with van der Waals surface area (Å²) in [6.45, 7) is 9.34. The zero-order valence-corrected chi connectivity index (χ0v) is 19.7. The molecule has 0 radical (unpaired) electrons. The fraction of sp³-hybridized carbons (Fsp3) is 0.684. The van der Waals surface area contributed by atoms with Crippen molar-refractivity contribution in [1.29, 1.82) is 0 Å². The fourth-order valence-corrected chi connectivity index (χ4v) is 2.41. The van der Waals surface area contributed by atoms with Gasteiger partial charge in [-0.15, -0.1) is 24.0 Å². The summed E-state index contributed by atoms with van der Waals surface area (Å²) in [5.74, 6) is 1.04. The van der Waals surface area contributed by atoms with Gasteiger partial charge in [0.2, 0.25) is 5.88 Å². The molecule has 29 heavy (non-hydrogen) atoms. The van der Waals surface area contributed by atoms with Crippen molar-refractivity contribution in [2.24, 2.45) is 10.9 Å².